The van der Waals surface area contributed by atoms with Crippen LogP contribution < -0.4 is 0 Å². The van der Waals surface area contributed by atoms with Gasteiger partial charge in [0.1, 0.15) is 0 Å². The Bertz CT molecular complexity index is 447. The Morgan fingerprint density at radius 3 is 2.55 bits per heavy atom. The van der Waals surface area contributed by atoms with E-state index in [2.05, 4.69) is 57.2 Å². The van der Waals surface area contributed by atoms with E-state index in [0.717, 1.165) is 24.1 Å². The zero-order valence-electron chi connectivity index (χ0n) is 13.9. The third kappa shape index (κ3) is 3.70. The van der Waals surface area contributed by atoms with Gasteiger partial charge in [0, 0.05) is 18.5 Å². The fourth-order valence-corrected chi connectivity index (χ4v) is 3.42. The van der Waals surface area contributed by atoms with E-state index < -0.39 is 8.32 Å². The highest BCUT2D eigenvalue weighted by Gasteiger charge is 2.40. The monoisotopic (exact) mass is 291 g/mol. The number of hydrogen-bond acceptors (Lipinski definition) is 2. The molecule has 0 saturated heterocycles. The smallest absolute Gasteiger partial charge is 0.191 e. The first-order chi connectivity index (χ1) is 9.21. The summed E-state index contributed by atoms with van der Waals surface area (Å²) in [6.07, 6.45) is 4.56. The number of nitrogens with zero attached hydrogens (tertiary/aromatic N) is 1. The quantitative estimate of drug-likeness (QED) is 0.719. The molecule has 0 amide bonds. The van der Waals surface area contributed by atoms with Crippen molar-refractivity contribution in [3.8, 4) is 0 Å². The molecule has 0 aliphatic heterocycles. The number of aryl methyl sites for hydroxylation is 1. The largest absolute Gasteiger partial charge is 0.417 e. The van der Waals surface area contributed by atoms with Crippen molar-refractivity contribution in [2.24, 2.45) is 5.92 Å². The summed E-state index contributed by atoms with van der Waals surface area (Å²) in [6, 6.07) is 4.36. The van der Waals surface area contributed by atoms with Crippen molar-refractivity contribution in [1.82, 2.24) is 4.98 Å². The van der Waals surface area contributed by atoms with Gasteiger partial charge in [0.25, 0.3) is 0 Å². The second-order valence-corrected chi connectivity index (χ2v) is 12.5. The van der Waals surface area contributed by atoms with Crippen LogP contribution in [0, 0.1) is 12.8 Å². The summed E-state index contributed by atoms with van der Waals surface area (Å²) in [7, 11) is -1.57. The Kier molecular flexibility index (Phi) is 4.40. The molecule has 1 aromatic heterocycles. The van der Waals surface area contributed by atoms with Gasteiger partial charge in [-0.2, -0.15) is 0 Å². The standard InChI is InChI=1S/C17H29NOSi/c1-13-7-8-15(12-18-13)16-11-14(16)9-10-19-20(5,6)17(2,3)4/h7-8,12,14,16H,9-11H2,1-6H3/t14-,16-/m1/s1. The van der Waals surface area contributed by atoms with Gasteiger partial charge in [-0.05, 0) is 61.4 Å². The second kappa shape index (κ2) is 5.61. The molecule has 1 fully saturated rings. The molecule has 1 heterocycles. The molecular formula is C17H29NOSi. The van der Waals surface area contributed by atoms with Crippen molar-refractivity contribution >= 4 is 8.32 Å². The molecule has 1 aromatic rings. The van der Waals surface area contributed by atoms with Gasteiger partial charge in [-0.3, -0.25) is 4.98 Å². The zero-order chi connectivity index (χ0) is 15.0. The summed E-state index contributed by atoms with van der Waals surface area (Å²) in [6.45, 7) is 14.5. The van der Waals surface area contributed by atoms with Crippen molar-refractivity contribution < 1.29 is 4.43 Å². The molecule has 0 spiro atoms. The maximum absolute atomic E-state index is 6.27. The number of pyridine rings is 1. The molecule has 1 aliphatic carbocycles. The predicted octanol–water partition coefficient (Wildman–Crippen LogP) is 4.91. The first kappa shape index (κ1) is 15.7. The molecule has 112 valence electrons. The third-order valence-corrected chi connectivity index (χ3v) is 9.58. The van der Waals surface area contributed by atoms with E-state index in [-0.39, 0.29) is 0 Å². The molecule has 2 rings (SSSR count). The van der Waals surface area contributed by atoms with Gasteiger partial charge in [0.05, 0.1) is 0 Å². The average Bonchev–Trinajstić information content (AvgIpc) is 3.08. The SMILES string of the molecule is Cc1ccc([C@@H]2C[C@H]2CCO[Si](C)(C)C(C)(C)C)cn1. The molecule has 1 saturated carbocycles. The molecule has 0 unspecified atom stereocenters. The molecule has 2 nitrogen and oxygen atoms in total. The van der Waals surface area contributed by atoms with Crippen molar-refractivity contribution in [3.05, 3.63) is 29.6 Å². The third-order valence-electron chi connectivity index (χ3n) is 5.04. The summed E-state index contributed by atoms with van der Waals surface area (Å²) < 4.78 is 6.27. The van der Waals surface area contributed by atoms with E-state index in [1.54, 1.807) is 0 Å². The van der Waals surface area contributed by atoms with Gasteiger partial charge in [-0.15, -0.1) is 0 Å². The lowest BCUT2D eigenvalue weighted by atomic mass is 10.1. The summed E-state index contributed by atoms with van der Waals surface area (Å²) in [4.78, 5) is 4.40. The molecule has 0 aromatic carbocycles. The molecule has 3 heteroatoms. The van der Waals surface area contributed by atoms with Crippen LogP contribution in [0.3, 0.4) is 0 Å². The van der Waals surface area contributed by atoms with Gasteiger partial charge in [-0.25, -0.2) is 0 Å². The van der Waals surface area contributed by atoms with Crippen molar-refractivity contribution in [2.45, 2.75) is 64.6 Å². The second-order valence-electron chi connectivity index (χ2n) is 7.73. The van der Waals surface area contributed by atoms with Crippen LogP contribution in [0.25, 0.3) is 0 Å². The van der Waals surface area contributed by atoms with Crippen LogP contribution in [0.2, 0.25) is 18.1 Å². The van der Waals surface area contributed by atoms with Crippen LogP contribution in [0.5, 0.6) is 0 Å². The van der Waals surface area contributed by atoms with E-state index in [0.29, 0.717) is 5.04 Å². The van der Waals surface area contributed by atoms with E-state index in [1.165, 1.54) is 18.4 Å². The average molecular weight is 292 g/mol. The van der Waals surface area contributed by atoms with Gasteiger partial charge < -0.3 is 4.43 Å². The van der Waals surface area contributed by atoms with Crippen molar-refractivity contribution in [2.75, 3.05) is 6.61 Å². The lowest BCUT2D eigenvalue weighted by Crippen LogP contribution is -2.41. The minimum Gasteiger partial charge on any atom is -0.417 e. The van der Waals surface area contributed by atoms with E-state index in [9.17, 15) is 0 Å². The Balaban J connectivity index is 1.77. The van der Waals surface area contributed by atoms with Crippen LogP contribution in [0.1, 0.15) is 50.8 Å². The number of hydrogen-bond donors (Lipinski definition) is 0. The highest BCUT2D eigenvalue weighted by Crippen LogP contribution is 2.49. The number of aromatic nitrogens is 1. The van der Waals surface area contributed by atoms with Crippen LogP contribution in [0.4, 0.5) is 0 Å². The fourth-order valence-electron chi connectivity index (χ4n) is 2.36. The maximum atomic E-state index is 6.27. The molecule has 0 radical (unpaired) electrons. The van der Waals surface area contributed by atoms with Crippen LogP contribution in [-0.2, 0) is 4.43 Å². The number of rotatable bonds is 5. The van der Waals surface area contributed by atoms with Gasteiger partial charge in [-0.1, -0.05) is 26.8 Å². The summed E-state index contributed by atoms with van der Waals surface area (Å²) in [5.41, 5.74) is 2.51. The minimum absolute atomic E-state index is 0.316. The molecule has 0 N–H and O–H groups in total. The molecule has 2 atom stereocenters. The summed E-state index contributed by atoms with van der Waals surface area (Å²) in [5.74, 6) is 1.54. The van der Waals surface area contributed by atoms with Gasteiger partial charge >= 0.3 is 0 Å². The molecule has 1 aliphatic rings. The van der Waals surface area contributed by atoms with Crippen molar-refractivity contribution in [3.63, 3.8) is 0 Å². The lowest BCUT2D eigenvalue weighted by Gasteiger charge is -2.36. The van der Waals surface area contributed by atoms with E-state index in [4.69, 9.17) is 4.43 Å². The zero-order valence-corrected chi connectivity index (χ0v) is 14.9. The van der Waals surface area contributed by atoms with E-state index in [1.807, 2.05) is 6.92 Å². The Hall–Kier alpha value is -0.673. The normalized spacial score (nSPS) is 22.9. The minimum atomic E-state index is -1.57. The topological polar surface area (TPSA) is 22.1 Å². The van der Waals surface area contributed by atoms with Gasteiger partial charge in [0.15, 0.2) is 8.32 Å². The molecular weight excluding hydrogens is 262 g/mol. The van der Waals surface area contributed by atoms with Crippen molar-refractivity contribution in [1.29, 1.82) is 0 Å². The first-order valence-electron chi connectivity index (χ1n) is 7.77. The van der Waals surface area contributed by atoms with Gasteiger partial charge in [0.2, 0.25) is 0 Å². The first-order valence-corrected chi connectivity index (χ1v) is 10.7. The highest BCUT2D eigenvalue weighted by atomic mass is 28.4. The van der Waals surface area contributed by atoms with Crippen LogP contribution >= 0.6 is 0 Å². The Labute approximate surface area is 125 Å². The highest BCUT2D eigenvalue weighted by molar-refractivity contribution is 6.74. The summed E-state index contributed by atoms with van der Waals surface area (Å²) in [5, 5.41) is 0.316. The predicted molar refractivity (Wildman–Crippen MR) is 87.6 cm³/mol. The summed E-state index contributed by atoms with van der Waals surface area (Å²) >= 11 is 0. The molecule has 0 bridgehead atoms. The van der Waals surface area contributed by atoms with Crippen LogP contribution in [0.15, 0.2) is 18.3 Å². The van der Waals surface area contributed by atoms with E-state index >= 15 is 0 Å². The Morgan fingerprint density at radius 2 is 2.00 bits per heavy atom. The van der Waals surface area contributed by atoms with Crippen LogP contribution in [-0.4, -0.2) is 19.9 Å². The molecule has 20 heavy (non-hydrogen) atoms. The Morgan fingerprint density at radius 1 is 1.30 bits per heavy atom. The maximum Gasteiger partial charge on any atom is 0.191 e. The lowest BCUT2D eigenvalue weighted by molar-refractivity contribution is 0.274. The fraction of sp³-hybridized carbons (Fsp3) is 0.706.